The van der Waals surface area contributed by atoms with Crippen molar-refractivity contribution >= 4 is 22.6 Å². The zero-order chi connectivity index (χ0) is 20.4. The first-order valence-electron chi connectivity index (χ1n) is 9.89. The number of carbonyl (C=O) groups excluding carboxylic acids is 1. The molecule has 1 saturated heterocycles. The number of aromatic amines is 1. The monoisotopic (exact) mass is 392 g/mol. The molecule has 0 bridgehead atoms. The maximum Gasteiger partial charge on any atom is 0.321 e. The number of H-pyrrole nitrogens is 1. The largest absolute Gasteiger partial charge is 0.493 e. The molecule has 2 N–H and O–H groups in total. The number of aromatic nitrogens is 2. The number of likely N-dealkylation sites (tertiary alicyclic amines) is 1. The minimum atomic E-state index is -0.206. The van der Waals surface area contributed by atoms with E-state index in [9.17, 15) is 9.59 Å². The SMILES string of the molecule is CCOc1ccc(NC(=O)N2CCCC2)cc1-c1nc2c(C)cccc2c(=O)[nH]1. The Morgan fingerprint density at radius 2 is 2.03 bits per heavy atom. The first-order valence-corrected chi connectivity index (χ1v) is 9.89. The number of carbonyl (C=O) groups is 1. The van der Waals surface area contributed by atoms with Gasteiger partial charge in [0.15, 0.2) is 0 Å². The Morgan fingerprint density at radius 3 is 2.79 bits per heavy atom. The van der Waals surface area contributed by atoms with Crippen LogP contribution >= 0.6 is 0 Å². The van der Waals surface area contributed by atoms with Crippen molar-refractivity contribution in [2.24, 2.45) is 0 Å². The summed E-state index contributed by atoms with van der Waals surface area (Å²) in [7, 11) is 0. The molecule has 2 heterocycles. The van der Waals surface area contributed by atoms with Crippen LogP contribution in [0.3, 0.4) is 0 Å². The molecule has 0 unspecified atom stereocenters. The third-order valence-corrected chi connectivity index (χ3v) is 5.12. The number of hydrogen-bond acceptors (Lipinski definition) is 4. The molecule has 7 heteroatoms. The van der Waals surface area contributed by atoms with E-state index in [1.807, 2.05) is 26.0 Å². The lowest BCUT2D eigenvalue weighted by atomic mass is 10.1. The Labute approximate surface area is 168 Å². The van der Waals surface area contributed by atoms with Gasteiger partial charge in [0.25, 0.3) is 5.56 Å². The number of aryl methyl sites for hydroxylation is 1. The fourth-order valence-electron chi connectivity index (χ4n) is 3.63. The molecule has 1 fully saturated rings. The van der Waals surface area contributed by atoms with Gasteiger partial charge in [0.2, 0.25) is 0 Å². The van der Waals surface area contributed by atoms with Crippen molar-refractivity contribution in [3.8, 4) is 17.1 Å². The van der Waals surface area contributed by atoms with Crippen LogP contribution in [-0.2, 0) is 0 Å². The summed E-state index contributed by atoms with van der Waals surface area (Å²) in [4.78, 5) is 34.4. The number of benzene rings is 2. The van der Waals surface area contributed by atoms with Gasteiger partial charge >= 0.3 is 6.03 Å². The van der Waals surface area contributed by atoms with E-state index in [0.29, 0.717) is 40.3 Å². The Morgan fingerprint density at radius 1 is 1.24 bits per heavy atom. The topological polar surface area (TPSA) is 87.3 Å². The Balaban J connectivity index is 1.77. The molecule has 0 radical (unpaired) electrons. The smallest absolute Gasteiger partial charge is 0.321 e. The second-order valence-electron chi connectivity index (χ2n) is 7.15. The number of fused-ring (bicyclic) bond motifs is 1. The molecule has 0 saturated carbocycles. The van der Waals surface area contributed by atoms with Gasteiger partial charge in [0, 0.05) is 18.8 Å². The summed E-state index contributed by atoms with van der Waals surface area (Å²) in [6.45, 7) is 5.84. The van der Waals surface area contributed by atoms with E-state index in [0.717, 1.165) is 31.5 Å². The zero-order valence-corrected chi connectivity index (χ0v) is 16.6. The van der Waals surface area contributed by atoms with E-state index in [-0.39, 0.29) is 11.6 Å². The van der Waals surface area contributed by atoms with Gasteiger partial charge in [-0.05, 0) is 56.5 Å². The number of hydrogen-bond donors (Lipinski definition) is 2. The van der Waals surface area contributed by atoms with Gasteiger partial charge < -0.3 is 19.9 Å². The second kappa shape index (κ2) is 7.95. The molecule has 29 heavy (non-hydrogen) atoms. The maximum atomic E-state index is 12.6. The molecule has 2 amide bonds. The second-order valence-corrected chi connectivity index (χ2v) is 7.15. The average molecular weight is 392 g/mol. The van der Waals surface area contributed by atoms with Crippen LogP contribution in [0.2, 0.25) is 0 Å². The number of nitrogens with zero attached hydrogens (tertiary/aromatic N) is 2. The van der Waals surface area contributed by atoms with Crippen LogP contribution < -0.4 is 15.6 Å². The Bertz CT molecular complexity index is 1120. The third-order valence-electron chi connectivity index (χ3n) is 5.12. The number of nitrogens with one attached hydrogen (secondary N) is 2. The fraction of sp³-hybridized carbons (Fsp3) is 0.318. The lowest BCUT2D eigenvalue weighted by molar-refractivity contribution is 0.222. The zero-order valence-electron chi connectivity index (χ0n) is 16.6. The summed E-state index contributed by atoms with van der Waals surface area (Å²) in [5, 5.41) is 3.48. The number of urea groups is 1. The van der Waals surface area contributed by atoms with Crippen molar-refractivity contribution in [2.45, 2.75) is 26.7 Å². The first-order chi connectivity index (χ1) is 14.1. The van der Waals surface area contributed by atoms with E-state index < -0.39 is 0 Å². The number of amides is 2. The van der Waals surface area contributed by atoms with Crippen LogP contribution in [-0.4, -0.2) is 40.6 Å². The summed E-state index contributed by atoms with van der Waals surface area (Å²) in [6.07, 6.45) is 2.06. The lowest BCUT2D eigenvalue weighted by Gasteiger charge is -2.17. The van der Waals surface area contributed by atoms with Crippen LogP contribution in [0, 0.1) is 6.92 Å². The highest BCUT2D eigenvalue weighted by molar-refractivity contribution is 5.91. The van der Waals surface area contributed by atoms with Crippen LogP contribution in [0.5, 0.6) is 5.75 Å². The van der Waals surface area contributed by atoms with Gasteiger partial charge in [-0.25, -0.2) is 9.78 Å². The lowest BCUT2D eigenvalue weighted by Crippen LogP contribution is -2.32. The summed E-state index contributed by atoms with van der Waals surface area (Å²) in [6, 6.07) is 10.8. The normalized spacial score (nSPS) is 13.7. The molecule has 150 valence electrons. The van der Waals surface area contributed by atoms with Gasteiger partial charge in [-0.2, -0.15) is 0 Å². The first kappa shape index (κ1) is 19.0. The van der Waals surface area contributed by atoms with Crippen LogP contribution in [0.25, 0.3) is 22.3 Å². The molecule has 2 aromatic carbocycles. The van der Waals surface area contributed by atoms with E-state index in [4.69, 9.17) is 4.74 Å². The fourth-order valence-corrected chi connectivity index (χ4v) is 3.63. The quantitative estimate of drug-likeness (QED) is 0.704. The van der Waals surface area contributed by atoms with Crippen LogP contribution in [0.1, 0.15) is 25.3 Å². The maximum absolute atomic E-state index is 12.6. The summed E-state index contributed by atoms with van der Waals surface area (Å²) in [5.41, 5.74) is 2.63. The Kier molecular flexibility index (Phi) is 5.20. The minimum absolute atomic E-state index is 0.117. The van der Waals surface area contributed by atoms with Crippen molar-refractivity contribution in [3.05, 3.63) is 52.3 Å². The highest BCUT2D eigenvalue weighted by Crippen LogP contribution is 2.31. The van der Waals surface area contributed by atoms with Gasteiger partial charge in [-0.3, -0.25) is 4.79 Å². The van der Waals surface area contributed by atoms with E-state index in [1.54, 1.807) is 29.2 Å². The van der Waals surface area contributed by atoms with Gasteiger partial charge in [-0.15, -0.1) is 0 Å². The predicted molar refractivity (Wildman–Crippen MR) is 114 cm³/mol. The summed E-state index contributed by atoms with van der Waals surface area (Å²) in [5.74, 6) is 1.01. The number of rotatable bonds is 4. The highest BCUT2D eigenvalue weighted by Gasteiger charge is 2.19. The van der Waals surface area contributed by atoms with Crippen LogP contribution in [0.15, 0.2) is 41.2 Å². The molecule has 1 aromatic heterocycles. The molecule has 4 rings (SSSR count). The van der Waals surface area contributed by atoms with Crippen molar-refractivity contribution in [1.29, 1.82) is 0 Å². The molecule has 0 spiro atoms. The van der Waals surface area contributed by atoms with Crippen molar-refractivity contribution in [2.75, 3.05) is 25.0 Å². The highest BCUT2D eigenvalue weighted by atomic mass is 16.5. The van der Waals surface area contributed by atoms with Crippen molar-refractivity contribution in [1.82, 2.24) is 14.9 Å². The molecule has 1 aliphatic rings. The third kappa shape index (κ3) is 3.81. The van der Waals surface area contributed by atoms with E-state index >= 15 is 0 Å². The Hall–Kier alpha value is -3.35. The minimum Gasteiger partial charge on any atom is -0.493 e. The molecule has 0 aliphatic carbocycles. The number of ether oxygens (including phenoxy) is 1. The molecular weight excluding hydrogens is 368 g/mol. The summed E-state index contributed by atoms with van der Waals surface area (Å²) >= 11 is 0. The van der Waals surface area contributed by atoms with Gasteiger partial charge in [0.05, 0.1) is 23.1 Å². The summed E-state index contributed by atoms with van der Waals surface area (Å²) < 4.78 is 5.75. The van der Waals surface area contributed by atoms with Crippen molar-refractivity contribution < 1.29 is 9.53 Å². The van der Waals surface area contributed by atoms with Gasteiger partial charge in [0.1, 0.15) is 11.6 Å². The average Bonchev–Trinajstić information content (AvgIpc) is 3.25. The molecule has 0 atom stereocenters. The van der Waals surface area contributed by atoms with E-state index in [2.05, 4.69) is 15.3 Å². The standard InChI is InChI=1S/C22H24N4O3/c1-3-29-18-10-9-15(23-22(28)26-11-4-5-12-26)13-17(18)20-24-19-14(2)7-6-8-16(19)21(27)25-20/h6-10,13H,3-5,11-12H2,1-2H3,(H,23,28)(H,24,25,27). The molecule has 1 aliphatic heterocycles. The molecule has 3 aromatic rings. The van der Waals surface area contributed by atoms with Gasteiger partial charge in [-0.1, -0.05) is 12.1 Å². The predicted octanol–water partition coefficient (Wildman–Crippen LogP) is 3.92. The number of para-hydroxylation sites is 1. The van der Waals surface area contributed by atoms with Crippen LogP contribution in [0.4, 0.5) is 10.5 Å². The number of anilines is 1. The molecule has 7 nitrogen and oxygen atoms in total. The molecular formula is C22H24N4O3. The van der Waals surface area contributed by atoms with E-state index in [1.165, 1.54) is 0 Å². The van der Waals surface area contributed by atoms with Crippen molar-refractivity contribution in [3.63, 3.8) is 0 Å².